The second-order valence-electron chi connectivity index (χ2n) is 5.73. The van der Waals surface area contributed by atoms with Crippen molar-refractivity contribution in [1.82, 2.24) is 16.2 Å². The Kier molecular flexibility index (Phi) is 5.96. The van der Waals surface area contributed by atoms with E-state index in [0.29, 0.717) is 10.9 Å². The fourth-order valence-electron chi connectivity index (χ4n) is 1.57. The summed E-state index contributed by atoms with van der Waals surface area (Å²) in [5.74, 6) is 0.356. The summed E-state index contributed by atoms with van der Waals surface area (Å²) in [7, 11) is 1.66. The molecular formula is C15H23N3O2S. The van der Waals surface area contributed by atoms with Gasteiger partial charge in [-0.05, 0) is 42.3 Å². The molecule has 0 unspecified atom stereocenters. The average molecular weight is 309 g/mol. The number of ether oxygens (including phenoxy) is 1. The molecule has 1 aromatic rings. The molecule has 0 aromatic heterocycles. The molecule has 0 saturated carbocycles. The Labute approximate surface area is 131 Å². The number of hydrogen-bond donors (Lipinski definition) is 3. The summed E-state index contributed by atoms with van der Waals surface area (Å²) in [4.78, 5) is 11.8. The quantitative estimate of drug-likeness (QED) is 0.588. The van der Waals surface area contributed by atoms with Gasteiger partial charge in [-0.25, -0.2) is 0 Å². The van der Waals surface area contributed by atoms with E-state index >= 15 is 0 Å². The highest BCUT2D eigenvalue weighted by molar-refractivity contribution is 7.80. The fourth-order valence-corrected chi connectivity index (χ4v) is 1.62. The summed E-state index contributed by atoms with van der Waals surface area (Å²) >= 11 is 4.86. The first-order valence-corrected chi connectivity index (χ1v) is 7.19. The third kappa shape index (κ3) is 5.59. The van der Waals surface area contributed by atoms with Gasteiger partial charge in [0.1, 0.15) is 5.75 Å². The van der Waals surface area contributed by atoms with Crippen LogP contribution in [0.25, 0.3) is 0 Å². The number of nitrogens with one attached hydrogen (secondary N) is 3. The average Bonchev–Trinajstić information content (AvgIpc) is 2.43. The third-order valence-electron chi connectivity index (χ3n) is 2.93. The van der Waals surface area contributed by atoms with Crippen molar-refractivity contribution in [3.05, 3.63) is 29.8 Å². The second-order valence-corrected chi connectivity index (χ2v) is 6.14. The molecule has 1 aromatic carbocycles. The largest absolute Gasteiger partial charge is 0.481 e. The molecule has 1 amide bonds. The maximum Gasteiger partial charge on any atom is 0.279 e. The standard InChI is InChI=1S/C15H23N3O2S/c1-10(13(19)17-18-14(21)16-5)20-12-8-6-11(7-9-12)15(2,3)4/h6-10H,1-5H3,(H,17,19)(H2,16,18,21)/t10-/m1/s1. The van der Waals surface area contributed by atoms with Crippen LogP contribution in [0.2, 0.25) is 0 Å². The van der Waals surface area contributed by atoms with Crippen LogP contribution in [0.1, 0.15) is 33.3 Å². The van der Waals surface area contributed by atoms with Crippen molar-refractivity contribution in [2.45, 2.75) is 39.2 Å². The Hall–Kier alpha value is -1.82. The zero-order valence-electron chi connectivity index (χ0n) is 13.1. The summed E-state index contributed by atoms with van der Waals surface area (Å²) in [5, 5.41) is 3.03. The topological polar surface area (TPSA) is 62.4 Å². The summed E-state index contributed by atoms with van der Waals surface area (Å²) in [6.07, 6.45) is -0.627. The van der Waals surface area contributed by atoms with Crippen LogP contribution >= 0.6 is 12.2 Å². The Morgan fingerprint density at radius 1 is 1.19 bits per heavy atom. The number of thiocarbonyl (C=S) groups is 1. The molecule has 5 nitrogen and oxygen atoms in total. The van der Waals surface area contributed by atoms with Crippen LogP contribution in [0, 0.1) is 0 Å². The summed E-state index contributed by atoms with van der Waals surface area (Å²) in [6.45, 7) is 8.12. The van der Waals surface area contributed by atoms with Gasteiger partial charge in [0, 0.05) is 7.05 Å². The Morgan fingerprint density at radius 3 is 2.24 bits per heavy atom. The van der Waals surface area contributed by atoms with E-state index in [1.807, 2.05) is 24.3 Å². The first-order valence-electron chi connectivity index (χ1n) is 6.79. The predicted octanol–water partition coefficient (Wildman–Crippen LogP) is 1.88. The van der Waals surface area contributed by atoms with Crippen LogP contribution in [0.4, 0.5) is 0 Å². The molecule has 1 rings (SSSR count). The number of benzene rings is 1. The first-order chi connectivity index (χ1) is 9.74. The molecule has 0 aliphatic heterocycles. The Bertz CT molecular complexity index is 495. The molecule has 0 radical (unpaired) electrons. The molecule has 1 atom stereocenters. The van der Waals surface area contributed by atoms with Crippen LogP contribution in [0.5, 0.6) is 5.75 Å². The van der Waals surface area contributed by atoms with Crippen molar-refractivity contribution in [2.75, 3.05) is 7.05 Å². The lowest BCUT2D eigenvalue weighted by Gasteiger charge is -2.20. The SMILES string of the molecule is CNC(=S)NNC(=O)[C@@H](C)Oc1ccc(C(C)(C)C)cc1. The number of hydrazine groups is 1. The van der Waals surface area contributed by atoms with Gasteiger partial charge < -0.3 is 10.1 Å². The van der Waals surface area contributed by atoms with Crippen molar-refractivity contribution in [2.24, 2.45) is 0 Å². The molecule has 116 valence electrons. The van der Waals surface area contributed by atoms with Gasteiger partial charge in [0.05, 0.1) is 0 Å². The molecular weight excluding hydrogens is 286 g/mol. The number of carbonyl (C=O) groups is 1. The number of hydrogen-bond acceptors (Lipinski definition) is 3. The first kappa shape index (κ1) is 17.2. The van der Waals surface area contributed by atoms with Gasteiger partial charge in [0.15, 0.2) is 11.2 Å². The maximum absolute atomic E-state index is 11.8. The van der Waals surface area contributed by atoms with E-state index in [0.717, 1.165) is 0 Å². The predicted molar refractivity (Wildman–Crippen MR) is 88.2 cm³/mol. The zero-order valence-corrected chi connectivity index (χ0v) is 13.9. The molecule has 0 aliphatic rings. The van der Waals surface area contributed by atoms with E-state index in [-0.39, 0.29) is 11.3 Å². The molecule has 6 heteroatoms. The van der Waals surface area contributed by atoms with Gasteiger partial charge in [-0.3, -0.25) is 15.6 Å². The minimum absolute atomic E-state index is 0.0916. The molecule has 0 aliphatic carbocycles. The zero-order chi connectivity index (χ0) is 16.0. The second kappa shape index (κ2) is 7.26. The molecule has 0 saturated heterocycles. The van der Waals surface area contributed by atoms with Crippen LogP contribution in [0.15, 0.2) is 24.3 Å². The van der Waals surface area contributed by atoms with Crippen molar-refractivity contribution in [3.8, 4) is 5.75 Å². The fraction of sp³-hybridized carbons (Fsp3) is 0.467. The normalized spacial score (nSPS) is 12.2. The van der Waals surface area contributed by atoms with Gasteiger partial charge >= 0.3 is 0 Å². The van der Waals surface area contributed by atoms with E-state index < -0.39 is 6.10 Å². The van der Waals surface area contributed by atoms with Crippen LogP contribution in [-0.2, 0) is 10.2 Å². The van der Waals surface area contributed by atoms with E-state index in [1.54, 1.807) is 14.0 Å². The van der Waals surface area contributed by atoms with Crippen molar-refractivity contribution in [1.29, 1.82) is 0 Å². The summed E-state index contributed by atoms with van der Waals surface area (Å²) in [6, 6.07) is 7.76. The van der Waals surface area contributed by atoms with Gasteiger partial charge in [-0.1, -0.05) is 32.9 Å². The van der Waals surface area contributed by atoms with Crippen molar-refractivity contribution < 1.29 is 9.53 Å². The van der Waals surface area contributed by atoms with Crippen LogP contribution < -0.4 is 20.9 Å². The molecule has 0 heterocycles. The maximum atomic E-state index is 11.8. The lowest BCUT2D eigenvalue weighted by atomic mass is 9.87. The van der Waals surface area contributed by atoms with E-state index in [4.69, 9.17) is 17.0 Å². The Balaban J connectivity index is 2.56. The van der Waals surface area contributed by atoms with Gasteiger partial charge in [0.2, 0.25) is 0 Å². The Morgan fingerprint density at radius 2 is 1.76 bits per heavy atom. The van der Waals surface area contributed by atoms with Crippen LogP contribution in [-0.4, -0.2) is 24.2 Å². The molecule has 0 bridgehead atoms. The molecule has 0 fully saturated rings. The highest BCUT2D eigenvalue weighted by Crippen LogP contribution is 2.24. The van der Waals surface area contributed by atoms with Gasteiger partial charge in [0.25, 0.3) is 5.91 Å². The van der Waals surface area contributed by atoms with Crippen LogP contribution in [0.3, 0.4) is 0 Å². The minimum atomic E-state index is -0.627. The minimum Gasteiger partial charge on any atom is -0.481 e. The van der Waals surface area contributed by atoms with Gasteiger partial charge in [-0.2, -0.15) is 0 Å². The summed E-state index contributed by atoms with van der Waals surface area (Å²) < 4.78 is 5.59. The molecule has 3 N–H and O–H groups in total. The van der Waals surface area contributed by atoms with Crippen molar-refractivity contribution in [3.63, 3.8) is 0 Å². The lowest BCUT2D eigenvalue weighted by Crippen LogP contribution is -2.49. The highest BCUT2D eigenvalue weighted by atomic mass is 32.1. The monoisotopic (exact) mass is 309 g/mol. The smallest absolute Gasteiger partial charge is 0.279 e. The number of carbonyl (C=O) groups excluding carboxylic acids is 1. The van der Waals surface area contributed by atoms with E-state index in [2.05, 4.69) is 36.9 Å². The van der Waals surface area contributed by atoms with E-state index in [9.17, 15) is 4.79 Å². The van der Waals surface area contributed by atoms with E-state index in [1.165, 1.54) is 5.56 Å². The lowest BCUT2D eigenvalue weighted by molar-refractivity contribution is -0.127. The molecule has 21 heavy (non-hydrogen) atoms. The number of rotatable bonds is 3. The number of amides is 1. The summed E-state index contributed by atoms with van der Waals surface area (Å²) in [5.41, 5.74) is 6.35. The van der Waals surface area contributed by atoms with Gasteiger partial charge in [-0.15, -0.1) is 0 Å². The molecule has 0 spiro atoms. The highest BCUT2D eigenvalue weighted by Gasteiger charge is 2.16. The third-order valence-corrected chi connectivity index (χ3v) is 3.23. The van der Waals surface area contributed by atoms with Crippen molar-refractivity contribution >= 4 is 23.2 Å².